The Kier molecular flexibility index (Phi) is 10.2. The number of nitrogens with zero attached hydrogens (tertiary/aromatic N) is 7. The Labute approximate surface area is 240 Å². The van der Waals surface area contributed by atoms with E-state index >= 15 is 0 Å². The number of aryl methyl sites for hydroxylation is 1. The number of halogens is 3. The highest BCUT2D eigenvalue weighted by molar-refractivity contribution is 7.16. The summed E-state index contributed by atoms with van der Waals surface area (Å²) >= 11 is 1.45. The van der Waals surface area contributed by atoms with Crippen molar-refractivity contribution < 1.29 is 27.5 Å². The molecule has 41 heavy (non-hydrogen) atoms. The molecule has 0 bridgehead atoms. The highest BCUT2D eigenvalue weighted by atomic mass is 32.1. The lowest BCUT2D eigenvalue weighted by atomic mass is 10.3. The Morgan fingerprint density at radius 3 is 2.61 bits per heavy atom. The van der Waals surface area contributed by atoms with E-state index < -0.39 is 11.7 Å². The summed E-state index contributed by atoms with van der Waals surface area (Å²) in [5.41, 5.74) is -0.973. The SMILES string of the molecule is Cc1sc(N2CCN(C(=O)CN(C)C)CC2)nc1Nc1ncc(C(F)(F)F)c(NCCCN2CCCOCC2=O)n1. The summed E-state index contributed by atoms with van der Waals surface area (Å²) in [5, 5.41) is 6.48. The van der Waals surface area contributed by atoms with Crippen molar-refractivity contribution in [1.29, 1.82) is 0 Å². The molecule has 4 heterocycles. The fourth-order valence-electron chi connectivity index (χ4n) is 4.49. The smallest absolute Gasteiger partial charge is 0.372 e. The molecule has 2 saturated heterocycles. The number of nitrogens with one attached hydrogen (secondary N) is 2. The molecule has 0 saturated carbocycles. The molecule has 2 aliphatic heterocycles. The van der Waals surface area contributed by atoms with Gasteiger partial charge in [0.15, 0.2) is 5.13 Å². The van der Waals surface area contributed by atoms with Crippen molar-refractivity contribution in [2.45, 2.75) is 25.9 Å². The number of carbonyl (C=O) groups excluding carboxylic acids is 2. The number of likely N-dealkylation sites (N-methyl/N-ethyl adjacent to an activating group) is 1. The minimum Gasteiger partial charge on any atom is -0.372 e. The van der Waals surface area contributed by atoms with Gasteiger partial charge in [-0.15, -0.1) is 0 Å². The summed E-state index contributed by atoms with van der Waals surface area (Å²) in [6.07, 6.45) is -2.72. The van der Waals surface area contributed by atoms with E-state index in [1.807, 2.05) is 30.8 Å². The second-order valence-electron chi connectivity index (χ2n) is 10.2. The molecule has 0 atom stereocenters. The van der Waals surface area contributed by atoms with Crippen LogP contribution in [0.15, 0.2) is 6.20 Å². The lowest BCUT2D eigenvalue weighted by Gasteiger charge is -2.35. The monoisotopic (exact) mass is 599 g/mol. The van der Waals surface area contributed by atoms with Crippen molar-refractivity contribution >= 4 is 45.9 Å². The van der Waals surface area contributed by atoms with Crippen molar-refractivity contribution in [3.05, 3.63) is 16.6 Å². The number of alkyl halides is 3. The van der Waals surface area contributed by atoms with Crippen LogP contribution in [0, 0.1) is 6.92 Å². The van der Waals surface area contributed by atoms with Crippen molar-refractivity contribution in [2.24, 2.45) is 0 Å². The third kappa shape index (κ3) is 8.39. The van der Waals surface area contributed by atoms with Crippen LogP contribution in [0.3, 0.4) is 0 Å². The molecule has 226 valence electrons. The number of anilines is 4. The third-order valence-corrected chi connectivity index (χ3v) is 7.69. The number of aromatic nitrogens is 3. The zero-order chi connectivity index (χ0) is 29.6. The zero-order valence-corrected chi connectivity index (χ0v) is 24.3. The number of hydrogen-bond acceptors (Lipinski definition) is 11. The average molecular weight is 600 g/mol. The number of ether oxygens (including phenoxy) is 1. The van der Waals surface area contributed by atoms with E-state index in [1.54, 1.807) is 4.90 Å². The van der Waals surface area contributed by atoms with Gasteiger partial charge in [-0.2, -0.15) is 18.2 Å². The van der Waals surface area contributed by atoms with Gasteiger partial charge in [-0.3, -0.25) is 9.59 Å². The Morgan fingerprint density at radius 2 is 1.90 bits per heavy atom. The highest BCUT2D eigenvalue weighted by Gasteiger charge is 2.35. The Morgan fingerprint density at radius 1 is 1.15 bits per heavy atom. The van der Waals surface area contributed by atoms with Gasteiger partial charge in [0.05, 0.1) is 6.54 Å². The summed E-state index contributed by atoms with van der Waals surface area (Å²) in [6, 6.07) is 0. The van der Waals surface area contributed by atoms with E-state index in [9.17, 15) is 22.8 Å². The van der Waals surface area contributed by atoms with Gasteiger partial charge in [-0.05, 0) is 33.9 Å². The quantitative estimate of drug-likeness (QED) is 0.394. The topological polar surface area (TPSA) is 119 Å². The molecule has 2 fully saturated rings. The molecule has 0 unspecified atom stereocenters. The Bertz CT molecular complexity index is 1200. The molecule has 0 radical (unpaired) electrons. The molecule has 2 N–H and O–H groups in total. The predicted molar refractivity (Wildman–Crippen MR) is 150 cm³/mol. The maximum Gasteiger partial charge on any atom is 0.421 e. The highest BCUT2D eigenvalue weighted by Crippen LogP contribution is 2.35. The van der Waals surface area contributed by atoms with Gasteiger partial charge in [0.1, 0.15) is 23.8 Å². The van der Waals surface area contributed by atoms with E-state index in [2.05, 4.69) is 30.5 Å². The summed E-state index contributed by atoms with van der Waals surface area (Å²) in [5.74, 6) is 0.0705. The molecular weight excluding hydrogens is 563 g/mol. The van der Waals surface area contributed by atoms with E-state index in [1.165, 1.54) is 11.3 Å². The van der Waals surface area contributed by atoms with Gasteiger partial charge in [-0.25, -0.2) is 9.97 Å². The molecule has 2 aromatic rings. The van der Waals surface area contributed by atoms with Gasteiger partial charge in [-0.1, -0.05) is 11.3 Å². The average Bonchev–Trinajstić information content (AvgIpc) is 3.15. The fraction of sp³-hybridized carbons (Fsp3) is 0.640. The summed E-state index contributed by atoms with van der Waals surface area (Å²) < 4.78 is 46.2. The third-order valence-electron chi connectivity index (χ3n) is 6.66. The molecule has 2 amide bonds. The van der Waals surface area contributed by atoms with Crippen LogP contribution in [0.1, 0.15) is 23.3 Å². The number of rotatable bonds is 10. The molecule has 0 aromatic carbocycles. The standard InChI is InChI=1S/C25H36F3N9O3S/c1-17-21(33-24(41-17)37-11-9-36(10-12-37)19(38)15-34(2)3)31-23-30-14-18(25(26,27)28)22(32-23)29-6-4-7-35-8-5-13-40-16-20(35)39/h14H,4-13,15-16H2,1-3H3,(H2,29,30,31,32). The van der Waals surface area contributed by atoms with Gasteiger partial charge in [0.2, 0.25) is 17.8 Å². The van der Waals surface area contributed by atoms with E-state index in [0.29, 0.717) is 64.7 Å². The van der Waals surface area contributed by atoms with Crippen LogP contribution in [0.2, 0.25) is 0 Å². The number of hydrogen-bond donors (Lipinski definition) is 2. The second-order valence-corrected chi connectivity index (χ2v) is 11.3. The summed E-state index contributed by atoms with van der Waals surface area (Å²) in [7, 11) is 3.72. The first-order valence-corrected chi connectivity index (χ1v) is 14.3. The van der Waals surface area contributed by atoms with Gasteiger partial charge >= 0.3 is 6.18 Å². The van der Waals surface area contributed by atoms with Crippen molar-refractivity contribution in [2.75, 3.05) is 95.2 Å². The van der Waals surface area contributed by atoms with Crippen LogP contribution in [-0.2, 0) is 20.5 Å². The lowest BCUT2D eigenvalue weighted by Crippen LogP contribution is -2.50. The molecular formula is C25H36F3N9O3S. The largest absolute Gasteiger partial charge is 0.421 e. The van der Waals surface area contributed by atoms with Crippen molar-refractivity contribution in [3.8, 4) is 0 Å². The van der Waals surface area contributed by atoms with Gasteiger partial charge < -0.3 is 35.0 Å². The van der Waals surface area contributed by atoms with Crippen LogP contribution in [-0.4, -0.2) is 121 Å². The van der Waals surface area contributed by atoms with Gasteiger partial charge in [0.25, 0.3) is 0 Å². The summed E-state index contributed by atoms with van der Waals surface area (Å²) in [6.45, 7) is 6.36. The first-order valence-electron chi connectivity index (χ1n) is 13.5. The second kappa shape index (κ2) is 13.6. The zero-order valence-electron chi connectivity index (χ0n) is 23.5. The van der Waals surface area contributed by atoms with Crippen LogP contribution < -0.4 is 15.5 Å². The minimum atomic E-state index is -4.64. The van der Waals surface area contributed by atoms with E-state index in [-0.39, 0.29) is 36.7 Å². The number of amides is 2. The lowest BCUT2D eigenvalue weighted by molar-refractivity contribution is -0.137. The maximum absolute atomic E-state index is 13.7. The Hall–Kier alpha value is -3.24. The molecule has 0 aliphatic carbocycles. The Balaban J connectivity index is 1.38. The number of piperazine rings is 1. The normalized spacial score (nSPS) is 16.8. The minimum absolute atomic E-state index is 0.0144. The summed E-state index contributed by atoms with van der Waals surface area (Å²) in [4.78, 5) is 45.3. The van der Waals surface area contributed by atoms with E-state index in [0.717, 1.165) is 22.6 Å². The van der Waals surface area contributed by atoms with Crippen LogP contribution in [0.4, 0.5) is 35.9 Å². The number of carbonyl (C=O) groups is 2. The number of thiazole rings is 1. The van der Waals surface area contributed by atoms with Crippen LogP contribution >= 0.6 is 11.3 Å². The first-order chi connectivity index (χ1) is 19.5. The molecule has 16 heteroatoms. The van der Waals surface area contributed by atoms with Crippen molar-refractivity contribution in [3.63, 3.8) is 0 Å². The van der Waals surface area contributed by atoms with E-state index in [4.69, 9.17) is 4.74 Å². The molecule has 2 aromatic heterocycles. The van der Waals surface area contributed by atoms with Crippen molar-refractivity contribution in [1.82, 2.24) is 29.7 Å². The van der Waals surface area contributed by atoms with Crippen LogP contribution in [0.25, 0.3) is 0 Å². The maximum atomic E-state index is 13.7. The predicted octanol–water partition coefficient (Wildman–Crippen LogP) is 2.27. The molecule has 4 rings (SSSR count). The molecule has 0 spiro atoms. The van der Waals surface area contributed by atoms with Gasteiger partial charge in [0, 0.05) is 63.5 Å². The van der Waals surface area contributed by atoms with Crippen LogP contribution in [0.5, 0.6) is 0 Å². The first kappa shape index (κ1) is 30.7. The molecule has 12 nitrogen and oxygen atoms in total. The fourth-order valence-corrected chi connectivity index (χ4v) is 5.40. The molecule has 2 aliphatic rings.